The highest BCUT2D eigenvalue weighted by molar-refractivity contribution is 6.88. The molecule has 0 saturated carbocycles. The zero-order valence-corrected chi connectivity index (χ0v) is 25.4. The molecule has 0 nitrogen and oxygen atoms in total. The molecule has 0 radical (unpaired) electrons. The van der Waals surface area contributed by atoms with Crippen LogP contribution in [0.25, 0.3) is 17.2 Å². The van der Waals surface area contributed by atoms with Crippen molar-refractivity contribution in [3.8, 4) is 11.1 Å². The number of hydrogen-bond acceptors (Lipinski definition) is 0. The smallest absolute Gasteiger partial charge is 0.0787 e. The van der Waals surface area contributed by atoms with Gasteiger partial charge in [0.1, 0.15) is 0 Å². The SMILES string of the molecule is CC1=C(C)C(C)C([Si](C)(C)C2C=Cc3c(-c4ccc([Si](C)(C)C)cc4C(C)C)cccc32)=C1C. The van der Waals surface area contributed by atoms with Crippen molar-refractivity contribution >= 4 is 27.4 Å². The summed E-state index contributed by atoms with van der Waals surface area (Å²) >= 11 is 0. The predicted molar refractivity (Wildman–Crippen MR) is 158 cm³/mol. The van der Waals surface area contributed by atoms with Gasteiger partial charge in [0, 0.05) is 5.54 Å². The first-order valence-electron chi connectivity index (χ1n) is 13.1. The lowest BCUT2D eigenvalue weighted by atomic mass is 9.89. The van der Waals surface area contributed by atoms with Crippen molar-refractivity contribution in [1.82, 2.24) is 0 Å². The van der Waals surface area contributed by atoms with Crippen molar-refractivity contribution in [2.45, 2.75) is 85.7 Å². The molecule has 34 heavy (non-hydrogen) atoms. The van der Waals surface area contributed by atoms with Gasteiger partial charge in [-0.3, -0.25) is 0 Å². The lowest BCUT2D eigenvalue weighted by molar-refractivity contribution is 0.841. The van der Waals surface area contributed by atoms with E-state index in [1.807, 2.05) is 0 Å². The van der Waals surface area contributed by atoms with Crippen molar-refractivity contribution in [1.29, 1.82) is 0 Å². The third kappa shape index (κ3) is 3.97. The Bertz CT molecular complexity index is 1230. The molecule has 2 aliphatic rings. The van der Waals surface area contributed by atoms with Crippen molar-refractivity contribution in [2.24, 2.45) is 5.92 Å². The van der Waals surface area contributed by atoms with E-state index in [9.17, 15) is 0 Å². The Morgan fingerprint density at radius 1 is 0.824 bits per heavy atom. The second kappa shape index (κ2) is 8.64. The topological polar surface area (TPSA) is 0 Å². The Morgan fingerprint density at radius 2 is 1.50 bits per heavy atom. The first kappa shape index (κ1) is 25.2. The van der Waals surface area contributed by atoms with E-state index in [0.29, 0.717) is 17.4 Å². The van der Waals surface area contributed by atoms with Gasteiger partial charge < -0.3 is 0 Å². The second-order valence-corrected chi connectivity index (χ2v) is 22.3. The maximum atomic E-state index is 2.60. The Hall–Kier alpha value is -1.91. The molecule has 0 spiro atoms. The molecular weight excluding hydrogens is 441 g/mol. The summed E-state index contributed by atoms with van der Waals surface area (Å²) < 4.78 is 0. The minimum atomic E-state index is -1.73. The molecule has 0 aliphatic heterocycles. The van der Waals surface area contributed by atoms with Crippen LogP contribution < -0.4 is 5.19 Å². The Morgan fingerprint density at radius 3 is 2.06 bits per heavy atom. The molecule has 4 rings (SSSR count). The van der Waals surface area contributed by atoms with Crippen LogP contribution in [0.2, 0.25) is 32.7 Å². The number of allylic oxidation sites excluding steroid dienone is 5. The fourth-order valence-corrected chi connectivity index (χ4v) is 12.1. The molecule has 0 fully saturated rings. The van der Waals surface area contributed by atoms with Gasteiger partial charge in [0.2, 0.25) is 0 Å². The van der Waals surface area contributed by atoms with Crippen molar-refractivity contribution in [2.75, 3.05) is 0 Å². The van der Waals surface area contributed by atoms with Crippen molar-refractivity contribution < 1.29 is 0 Å². The molecule has 0 bridgehead atoms. The molecule has 2 atom stereocenters. The first-order chi connectivity index (χ1) is 15.8. The summed E-state index contributed by atoms with van der Waals surface area (Å²) in [6.07, 6.45) is 4.99. The molecule has 2 aromatic rings. The van der Waals surface area contributed by atoms with Crippen LogP contribution in [0.1, 0.15) is 69.7 Å². The van der Waals surface area contributed by atoms with Crippen LogP contribution in [0.3, 0.4) is 0 Å². The normalized spacial score (nSPS) is 20.7. The van der Waals surface area contributed by atoms with Gasteiger partial charge in [-0.1, -0.05) is 124 Å². The van der Waals surface area contributed by atoms with E-state index in [0.717, 1.165) is 0 Å². The molecule has 2 aromatic carbocycles. The first-order valence-corrected chi connectivity index (χ1v) is 19.7. The Labute approximate surface area is 210 Å². The fraction of sp³-hybridized carbons (Fsp3) is 0.438. The highest BCUT2D eigenvalue weighted by atomic mass is 28.3. The molecule has 0 heterocycles. The van der Waals surface area contributed by atoms with E-state index >= 15 is 0 Å². The molecular formula is C32H44Si2. The van der Waals surface area contributed by atoms with E-state index in [1.54, 1.807) is 27.1 Å². The summed E-state index contributed by atoms with van der Waals surface area (Å²) in [6, 6.07) is 14.4. The summed E-state index contributed by atoms with van der Waals surface area (Å²) in [4.78, 5) is 0. The molecule has 0 N–H and O–H groups in total. The zero-order valence-electron chi connectivity index (χ0n) is 23.4. The van der Waals surface area contributed by atoms with E-state index in [-0.39, 0.29) is 0 Å². The molecule has 2 aliphatic carbocycles. The molecule has 180 valence electrons. The average Bonchev–Trinajstić information content (AvgIpc) is 3.29. The quantitative estimate of drug-likeness (QED) is 0.371. The van der Waals surface area contributed by atoms with Gasteiger partial charge in [-0.2, -0.15) is 0 Å². The van der Waals surface area contributed by atoms with Crippen molar-refractivity contribution in [3.05, 3.63) is 81.1 Å². The minimum Gasteiger partial charge on any atom is -0.0787 e. The van der Waals surface area contributed by atoms with E-state index in [1.165, 1.54) is 27.8 Å². The summed E-state index contributed by atoms with van der Waals surface area (Å²) in [5, 5.41) is 3.32. The van der Waals surface area contributed by atoms with Crippen molar-refractivity contribution in [3.63, 3.8) is 0 Å². The minimum absolute atomic E-state index is 0.512. The summed E-state index contributed by atoms with van der Waals surface area (Å²) in [5.41, 5.74) is 12.6. The third-order valence-electron chi connectivity index (χ3n) is 8.87. The largest absolute Gasteiger partial charge is 0.0880 e. The summed E-state index contributed by atoms with van der Waals surface area (Å²) in [7, 11) is -3.08. The third-order valence-corrected chi connectivity index (χ3v) is 15.2. The zero-order chi connectivity index (χ0) is 25.2. The molecule has 2 heteroatoms. The standard InChI is InChI=1S/C32H44Si2/c1-20(2)30-19-25(33(7,8)9)15-16-28(30)26-13-12-14-29-27(26)17-18-31(29)34(10,11)32-23(5)21(3)22(4)24(32)6/h12-20,23,31H,1-11H3. The summed E-state index contributed by atoms with van der Waals surface area (Å²) in [6.45, 7) is 26.7. The Kier molecular flexibility index (Phi) is 6.40. The van der Waals surface area contributed by atoms with Crippen LogP contribution in [0, 0.1) is 5.92 Å². The molecule has 0 saturated heterocycles. The van der Waals surface area contributed by atoms with Gasteiger partial charge in [0.15, 0.2) is 0 Å². The monoisotopic (exact) mass is 484 g/mol. The lowest BCUT2D eigenvalue weighted by Gasteiger charge is -2.35. The molecule has 0 amide bonds. The van der Waals surface area contributed by atoms with E-state index < -0.39 is 16.1 Å². The molecule has 0 aromatic heterocycles. The van der Waals surface area contributed by atoms with Gasteiger partial charge in [-0.05, 0) is 66.0 Å². The van der Waals surface area contributed by atoms with E-state index in [2.05, 4.69) is 123 Å². The maximum absolute atomic E-state index is 2.60. The number of benzene rings is 2. The van der Waals surface area contributed by atoms with Gasteiger partial charge in [-0.15, -0.1) is 0 Å². The van der Waals surface area contributed by atoms with Crippen LogP contribution in [0.15, 0.2) is 64.4 Å². The fourth-order valence-electron chi connectivity index (χ4n) is 6.53. The van der Waals surface area contributed by atoms with Gasteiger partial charge >= 0.3 is 0 Å². The van der Waals surface area contributed by atoms with Gasteiger partial charge in [0.25, 0.3) is 0 Å². The summed E-state index contributed by atoms with van der Waals surface area (Å²) in [5.74, 6) is 1.10. The van der Waals surface area contributed by atoms with Crippen LogP contribution in [0.5, 0.6) is 0 Å². The predicted octanol–water partition coefficient (Wildman–Crippen LogP) is 9.22. The van der Waals surface area contributed by atoms with Gasteiger partial charge in [0.05, 0.1) is 16.1 Å². The Balaban J connectivity index is 1.82. The highest BCUT2D eigenvalue weighted by Crippen LogP contribution is 2.50. The van der Waals surface area contributed by atoms with Gasteiger partial charge in [-0.25, -0.2) is 0 Å². The lowest BCUT2D eigenvalue weighted by Crippen LogP contribution is -2.39. The number of fused-ring (bicyclic) bond motifs is 1. The van der Waals surface area contributed by atoms with Crippen LogP contribution in [-0.4, -0.2) is 16.1 Å². The number of rotatable bonds is 5. The number of hydrogen-bond donors (Lipinski definition) is 0. The highest BCUT2D eigenvalue weighted by Gasteiger charge is 2.43. The molecule has 2 unspecified atom stereocenters. The average molecular weight is 485 g/mol. The van der Waals surface area contributed by atoms with Crippen LogP contribution >= 0.6 is 0 Å². The second-order valence-electron chi connectivity index (χ2n) is 12.6. The van der Waals surface area contributed by atoms with Crippen LogP contribution in [-0.2, 0) is 0 Å². The van der Waals surface area contributed by atoms with Crippen LogP contribution in [0.4, 0.5) is 0 Å². The maximum Gasteiger partial charge on any atom is 0.0880 e. The van der Waals surface area contributed by atoms with E-state index in [4.69, 9.17) is 0 Å².